The lowest BCUT2D eigenvalue weighted by Gasteiger charge is -2.37. The van der Waals surface area contributed by atoms with Gasteiger partial charge in [-0.25, -0.2) is 8.42 Å². The summed E-state index contributed by atoms with van der Waals surface area (Å²) in [6.45, 7) is 0.807. The molecular weight excluding hydrogens is 374 g/mol. The van der Waals surface area contributed by atoms with Crippen molar-refractivity contribution in [2.24, 2.45) is 5.92 Å². The van der Waals surface area contributed by atoms with Crippen molar-refractivity contribution in [3.63, 3.8) is 0 Å². The Hall–Kier alpha value is 0.0500. The fourth-order valence-electron chi connectivity index (χ4n) is 1.65. The molecule has 1 aromatic carbocycles. The largest absolute Gasteiger partial charge is 0.396 e. The van der Waals surface area contributed by atoms with Crippen LogP contribution in [-0.4, -0.2) is 37.5 Å². The van der Waals surface area contributed by atoms with E-state index in [2.05, 4.69) is 31.9 Å². The van der Waals surface area contributed by atoms with Crippen LogP contribution in [-0.2, 0) is 10.0 Å². The molecule has 0 amide bonds. The van der Waals surface area contributed by atoms with Gasteiger partial charge in [0.1, 0.15) is 0 Å². The predicted octanol–water partition coefficient (Wildman–Crippen LogP) is 1.82. The van der Waals surface area contributed by atoms with E-state index in [0.29, 0.717) is 17.6 Å². The lowest BCUT2D eigenvalue weighted by Crippen LogP contribution is -2.51. The van der Waals surface area contributed by atoms with Crippen molar-refractivity contribution < 1.29 is 13.5 Å². The molecule has 0 atom stereocenters. The van der Waals surface area contributed by atoms with Crippen molar-refractivity contribution in [2.45, 2.75) is 4.90 Å². The Kier molecular flexibility index (Phi) is 3.94. The minimum atomic E-state index is -3.45. The van der Waals surface area contributed by atoms with Crippen LogP contribution in [0.25, 0.3) is 0 Å². The molecule has 1 aliphatic heterocycles. The highest BCUT2D eigenvalue weighted by molar-refractivity contribution is 9.11. The maximum absolute atomic E-state index is 12.2. The average Bonchev–Trinajstić information content (AvgIpc) is 2.19. The lowest BCUT2D eigenvalue weighted by molar-refractivity contribution is 0.117. The van der Waals surface area contributed by atoms with Crippen LogP contribution >= 0.6 is 31.9 Å². The van der Waals surface area contributed by atoms with E-state index < -0.39 is 10.0 Å². The number of aliphatic hydroxyl groups excluding tert-OH is 1. The minimum absolute atomic E-state index is 0.0334. The SMILES string of the molecule is O=S(=O)(c1cc(Br)ccc1Br)N1CC(CO)C1. The van der Waals surface area contributed by atoms with E-state index in [4.69, 9.17) is 5.11 Å². The molecule has 94 valence electrons. The van der Waals surface area contributed by atoms with Gasteiger partial charge in [0.05, 0.1) is 4.90 Å². The van der Waals surface area contributed by atoms with Gasteiger partial charge in [-0.2, -0.15) is 4.31 Å². The smallest absolute Gasteiger partial charge is 0.244 e. The molecule has 4 nitrogen and oxygen atoms in total. The first kappa shape index (κ1) is 13.5. The van der Waals surface area contributed by atoms with Crippen LogP contribution < -0.4 is 0 Å². The second kappa shape index (κ2) is 4.97. The van der Waals surface area contributed by atoms with E-state index >= 15 is 0 Å². The third-order valence-electron chi connectivity index (χ3n) is 2.69. The second-order valence-electron chi connectivity index (χ2n) is 3.95. The average molecular weight is 385 g/mol. The third-order valence-corrected chi connectivity index (χ3v) is 6.01. The Labute approximate surface area is 117 Å². The summed E-state index contributed by atoms with van der Waals surface area (Å²) in [7, 11) is -3.45. The zero-order valence-electron chi connectivity index (χ0n) is 8.81. The lowest BCUT2D eigenvalue weighted by atomic mass is 10.1. The van der Waals surface area contributed by atoms with Gasteiger partial charge in [-0.05, 0) is 34.1 Å². The summed E-state index contributed by atoms with van der Waals surface area (Å²) >= 11 is 6.50. The van der Waals surface area contributed by atoms with Gasteiger partial charge in [-0.3, -0.25) is 0 Å². The molecule has 1 aromatic rings. The summed E-state index contributed by atoms with van der Waals surface area (Å²) < 4.78 is 27.1. The first-order chi connectivity index (χ1) is 7.95. The van der Waals surface area contributed by atoms with Gasteiger partial charge in [0.15, 0.2) is 0 Å². The molecule has 17 heavy (non-hydrogen) atoms. The normalized spacial score (nSPS) is 18.1. The molecule has 0 radical (unpaired) electrons. The molecule has 0 aromatic heterocycles. The van der Waals surface area contributed by atoms with Gasteiger partial charge in [-0.15, -0.1) is 0 Å². The summed E-state index contributed by atoms with van der Waals surface area (Å²) in [5.41, 5.74) is 0. The predicted molar refractivity (Wildman–Crippen MR) is 71.2 cm³/mol. The number of rotatable bonds is 3. The molecule has 0 aliphatic carbocycles. The number of hydrogen-bond donors (Lipinski definition) is 1. The van der Waals surface area contributed by atoms with Gasteiger partial charge in [0.25, 0.3) is 0 Å². The Morgan fingerprint density at radius 3 is 2.59 bits per heavy atom. The zero-order chi connectivity index (χ0) is 12.6. The van der Waals surface area contributed by atoms with Gasteiger partial charge in [-0.1, -0.05) is 15.9 Å². The van der Waals surface area contributed by atoms with Gasteiger partial charge in [0, 0.05) is 34.6 Å². The van der Waals surface area contributed by atoms with E-state index in [1.807, 2.05) is 0 Å². The molecule has 7 heteroatoms. The molecule has 1 fully saturated rings. The first-order valence-electron chi connectivity index (χ1n) is 5.01. The monoisotopic (exact) mass is 383 g/mol. The number of nitrogens with zero attached hydrogens (tertiary/aromatic N) is 1. The molecule has 1 N–H and O–H groups in total. The van der Waals surface area contributed by atoms with Crippen LogP contribution in [0.1, 0.15) is 0 Å². The highest BCUT2D eigenvalue weighted by atomic mass is 79.9. The van der Waals surface area contributed by atoms with Crippen LogP contribution in [0.5, 0.6) is 0 Å². The molecule has 1 heterocycles. The topological polar surface area (TPSA) is 57.6 Å². The summed E-state index contributed by atoms with van der Waals surface area (Å²) in [5, 5.41) is 8.90. The standard InChI is InChI=1S/C10H11Br2NO3S/c11-8-1-2-9(12)10(3-8)17(15,16)13-4-7(5-13)6-14/h1-3,7,14H,4-6H2. The Balaban J connectivity index is 2.30. The molecule has 0 unspecified atom stereocenters. The Morgan fingerprint density at radius 2 is 2.00 bits per heavy atom. The summed E-state index contributed by atoms with van der Waals surface area (Å²) in [5.74, 6) is 0.0655. The van der Waals surface area contributed by atoms with Crippen molar-refractivity contribution in [1.82, 2.24) is 4.31 Å². The number of benzene rings is 1. The first-order valence-corrected chi connectivity index (χ1v) is 8.04. The highest BCUT2D eigenvalue weighted by Crippen LogP contribution is 2.31. The van der Waals surface area contributed by atoms with E-state index in [1.54, 1.807) is 18.2 Å². The van der Waals surface area contributed by atoms with Gasteiger partial charge < -0.3 is 5.11 Å². The van der Waals surface area contributed by atoms with Crippen LogP contribution in [0.2, 0.25) is 0 Å². The van der Waals surface area contributed by atoms with E-state index in [1.165, 1.54) is 4.31 Å². The number of aliphatic hydroxyl groups is 1. The van der Waals surface area contributed by atoms with Crippen LogP contribution in [0, 0.1) is 5.92 Å². The highest BCUT2D eigenvalue weighted by Gasteiger charge is 2.37. The van der Waals surface area contributed by atoms with Crippen molar-refractivity contribution in [2.75, 3.05) is 19.7 Å². The van der Waals surface area contributed by atoms with Crippen molar-refractivity contribution in [3.05, 3.63) is 27.1 Å². The maximum Gasteiger partial charge on any atom is 0.244 e. The quantitative estimate of drug-likeness (QED) is 0.864. The molecule has 2 rings (SSSR count). The number of halogens is 2. The van der Waals surface area contributed by atoms with Crippen LogP contribution in [0.4, 0.5) is 0 Å². The Bertz CT molecular complexity index is 526. The van der Waals surface area contributed by atoms with Crippen molar-refractivity contribution >= 4 is 41.9 Å². The number of sulfonamides is 1. The molecular formula is C10H11Br2NO3S. The summed E-state index contributed by atoms with van der Waals surface area (Å²) in [6, 6.07) is 5.04. The number of hydrogen-bond acceptors (Lipinski definition) is 3. The van der Waals surface area contributed by atoms with E-state index in [9.17, 15) is 8.42 Å². The maximum atomic E-state index is 12.2. The summed E-state index contributed by atoms with van der Waals surface area (Å²) in [6.07, 6.45) is 0. The van der Waals surface area contributed by atoms with Crippen molar-refractivity contribution in [1.29, 1.82) is 0 Å². The molecule has 1 saturated heterocycles. The van der Waals surface area contributed by atoms with E-state index in [-0.39, 0.29) is 17.4 Å². The molecule has 0 bridgehead atoms. The van der Waals surface area contributed by atoms with Crippen LogP contribution in [0.15, 0.2) is 32.0 Å². The second-order valence-corrected chi connectivity index (χ2v) is 7.62. The summed E-state index contributed by atoms with van der Waals surface area (Å²) in [4.78, 5) is 0.253. The van der Waals surface area contributed by atoms with Crippen LogP contribution in [0.3, 0.4) is 0 Å². The minimum Gasteiger partial charge on any atom is -0.396 e. The zero-order valence-corrected chi connectivity index (χ0v) is 12.8. The van der Waals surface area contributed by atoms with Gasteiger partial charge >= 0.3 is 0 Å². The van der Waals surface area contributed by atoms with E-state index in [0.717, 1.165) is 4.47 Å². The molecule has 0 spiro atoms. The molecule has 0 saturated carbocycles. The van der Waals surface area contributed by atoms with Gasteiger partial charge in [0.2, 0.25) is 10.0 Å². The molecule has 1 aliphatic rings. The third kappa shape index (κ3) is 2.58. The fraction of sp³-hybridized carbons (Fsp3) is 0.400. The van der Waals surface area contributed by atoms with Crippen molar-refractivity contribution in [3.8, 4) is 0 Å². The fourth-order valence-corrected chi connectivity index (χ4v) is 4.70. The Morgan fingerprint density at radius 1 is 1.35 bits per heavy atom.